The van der Waals surface area contributed by atoms with E-state index in [2.05, 4.69) is 12.2 Å². The van der Waals surface area contributed by atoms with E-state index >= 15 is 0 Å². The molecule has 0 aromatic heterocycles. The molecule has 5 heteroatoms. The molecule has 0 radical (unpaired) electrons. The molecular weight excluding hydrogens is 342 g/mol. The van der Waals surface area contributed by atoms with E-state index in [0.29, 0.717) is 5.75 Å². The van der Waals surface area contributed by atoms with Crippen molar-refractivity contribution in [2.24, 2.45) is 0 Å². The molecule has 1 amide bonds. The summed E-state index contributed by atoms with van der Waals surface area (Å²) in [5.41, 5.74) is 4.14. The molecule has 0 aliphatic carbocycles. The van der Waals surface area contributed by atoms with E-state index in [-0.39, 0.29) is 19.1 Å². The number of benzene rings is 2. The zero-order chi connectivity index (χ0) is 19.6. The highest BCUT2D eigenvalue weighted by molar-refractivity contribution is 5.94. The van der Waals surface area contributed by atoms with Gasteiger partial charge in [0.05, 0.1) is 0 Å². The van der Waals surface area contributed by atoms with Crippen LogP contribution in [0, 0.1) is 0 Å². The molecule has 0 saturated heterocycles. The zero-order valence-corrected chi connectivity index (χ0v) is 16.2. The summed E-state index contributed by atoms with van der Waals surface area (Å²) in [6.45, 7) is 5.58. The fourth-order valence-corrected chi connectivity index (χ4v) is 2.73. The molecule has 0 unspecified atom stereocenters. The van der Waals surface area contributed by atoms with Gasteiger partial charge in [-0.2, -0.15) is 0 Å². The lowest BCUT2D eigenvalue weighted by atomic mass is 10.0. The van der Waals surface area contributed by atoms with Crippen molar-refractivity contribution in [1.29, 1.82) is 0 Å². The van der Waals surface area contributed by atoms with E-state index in [1.165, 1.54) is 5.56 Å². The molecule has 0 atom stereocenters. The van der Waals surface area contributed by atoms with Gasteiger partial charge in [0.1, 0.15) is 5.75 Å². The smallest absolute Gasteiger partial charge is 0.344 e. The van der Waals surface area contributed by atoms with Crippen molar-refractivity contribution in [3.63, 3.8) is 0 Å². The summed E-state index contributed by atoms with van der Waals surface area (Å²) in [6, 6.07) is 13.5. The summed E-state index contributed by atoms with van der Waals surface area (Å²) >= 11 is 0. The number of esters is 1. The Balaban J connectivity index is 1.82. The molecule has 2 aromatic rings. The number of anilines is 1. The Bertz CT molecular complexity index is 746. The molecule has 0 saturated carbocycles. The van der Waals surface area contributed by atoms with Crippen LogP contribution in [0.25, 0.3) is 0 Å². The van der Waals surface area contributed by atoms with Crippen LogP contribution >= 0.6 is 0 Å². The fraction of sp³-hybridized carbons (Fsp3) is 0.364. The highest BCUT2D eigenvalue weighted by Gasteiger charge is 2.12. The van der Waals surface area contributed by atoms with Crippen LogP contribution in [0.4, 0.5) is 5.69 Å². The van der Waals surface area contributed by atoms with Crippen LogP contribution < -0.4 is 10.1 Å². The number of nitrogens with one attached hydrogen (secondary N) is 1. The highest BCUT2D eigenvalue weighted by Crippen LogP contribution is 2.22. The van der Waals surface area contributed by atoms with Crippen LogP contribution in [0.15, 0.2) is 42.5 Å². The van der Waals surface area contributed by atoms with Gasteiger partial charge in [-0.15, -0.1) is 0 Å². The van der Waals surface area contributed by atoms with Gasteiger partial charge in [0.25, 0.3) is 5.91 Å². The van der Waals surface area contributed by atoms with E-state index in [4.69, 9.17) is 9.47 Å². The van der Waals surface area contributed by atoms with Crippen molar-refractivity contribution in [2.75, 3.05) is 18.5 Å². The van der Waals surface area contributed by atoms with Gasteiger partial charge < -0.3 is 14.8 Å². The summed E-state index contributed by atoms with van der Waals surface area (Å²) in [5.74, 6) is -0.339. The standard InChI is InChI=1S/C22H27NO4/c1-4-16-10-12-19(13-11-16)26-15-21(25)27-14-20(24)23-22-17(5-2)8-7-9-18(22)6-3/h7-13H,4-6,14-15H2,1-3H3,(H,23,24). The first-order chi connectivity index (χ1) is 13.1. The normalized spacial score (nSPS) is 10.3. The average Bonchev–Trinajstić information content (AvgIpc) is 2.71. The van der Waals surface area contributed by atoms with E-state index in [1.807, 2.05) is 56.3 Å². The molecule has 1 N–H and O–H groups in total. The third kappa shape index (κ3) is 6.13. The quantitative estimate of drug-likeness (QED) is 0.680. The van der Waals surface area contributed by atoms with Gasteiger partial charge in [-0.1, -0.05) is 51.1 Å². The highest BCUT2D eigenvalue weighted by atomic mass is 16.6. The predicted octanol–water partition coefficient (Wildman–Crippen LogP) is 3.93. The summed E-state index contributed by atoms with van der Waals surface area (Å²) in [5, 5.41) is 2.87. The Hall–Kier alpha value is -2.82. The fourth-order valence-electron chi connectivity index (χ4n) is 2.73. The first-order valence-corrected chi connectivity index (χ1v) is 9.35. The number of para-hydroxylation sites is 1. The second-order valence-electron chi connectivity index (χ2n) is 6.15. The number of hydrogen-bond donors (Lipinski definition) is 1. The molecule has 2 aromatic carbocycles. The second kappa shape index (κ2) is 10.4. The van der Waals surface area contributed by atoms with Crippen molar-refractivity contribution < 1.29 is 19.1 Å². The molecule has 0 fully saturated rings. The van der Waals surface area contributed by atoms with Gasteiger partial charge in [-0.05, 0) is 48.1 Å². The molecule has 2 rings (SSSR count). The predicted molar refractivity (Wildman–Crippen MR) is 106 cm³/mol. The third-order valence-electron chi connectivity index (χ3n) is 4.32. The number of ether oxygens (including phenoxy) is 2. The largest absolute Gasteiger partial charge is 0.482 e. The third-order valence-corrected chi connectivity index (χ3v) is 4.32. The maximum atomic E-state index is 12.2. The number of rotatable bonds is 9. The van der Waals surface area contributed by atoms with Crippen molar-refractivity contribution in [3.8, 4) is 5.75 Å². The maximum absolute atomic E-state index is 12.2. The molecule has 5 nitrogen and oxygen atoms in total. The Morgan fingerprint density at radius 2 is 1.48 bits per heavy atom. The van der Waals surface area contributed by atoms with Crippen LogP contribution in [-0.4, -0.2) is 25.1 Å². The molecular formula is C22H27NO4. The van der Waals surface area contributed by atoms with E-state index in [9.17, 15) is 9.59 Å². The first-order valence-electron chi connectivity index (χ1n) is 9.35. The van der Waals surface area contributed by atoms with Gasteiger partial charge in [0, 0.05) is 5.69 Å². The summed E-state index contributed by atoms with van der Waals surface area (Å²) in [7, 11) is 0. The SMILES string of the molecule is CCc1ccc(OCC(=O)OCC(=O)Nc2c(CC)cccc2CC)cc1. The lowest BCUT2D eigenvalue weighted by molar-refractivity contribution is -0.149. The average molecular weight is 369 g/mol. The molecule has 27 heavy (non-hydrogen) atoms. The summed E-state index contributed by atoms with van der Waals surface area (Å²) in [6.07, 6.45) is 2.57. The molecule has 0 aliphatic heterocycles. The molecule has 0 heterocycles. The maximum Gasteiger partial charge on any atom is 0.344 e. The summed E-state index contributed by atoms with van der Waals surface area (Å²) in [4.78, 5) is 24.0. The number of aryl methyl sites for hydroxylation is 3. The topological polar surface area (TPSA) is 64.6 Å². The van der Waals surface area contributed by atoms with Crippen LogP contribution in [0.5, 0.6) is 5.75 Å². The number of carbonyl (C=O) groups is 2. The van der Waals surface area contributed by atoms with E-state index in [1.54, 1.807) is 0 Å². The Morgan fingerprint density at radius 3 is 2.04 bits per heavy atom. The van der Waals surface area contributed by atoms with Gasteiger partial charge in [-0.25, -0.2) is 4.79 Å². The number of carbonyl (C=O) groups excluding carboxylic acids is 2. The van der Waals surface area contributed by atoms with Gasteiger partial charge in [-0.3, -0.25) is 4.79 Å². The van der Waals surface area contributed by atoms with Crippen molar-refractivity contribution in [1.82, 2.24) is 0 Å². The number of hydrogen-bond acceptors (Lipinski definition) is 4. The van der Waals surface area contributed by atoms with Crippen LogP contribution in [0.1, 0.15) is 37.5 Å². The van der Waals surface area contributed by atoms with Crippen LogP contribution in [0.3, 0.4) is 0 Å². The first kappa shape index (κ1) is 20.5. The Labute approximate surface area is 160 Å². The molecule has 0 spiro atoms. The lowest BCUT2D eigenvalue weighted by Gasteiger charge is -2.14. The minimum absolute atomic E-state index is 0.232. The lowest BCUT2D eigenvalue weighted by Crippen LogP contribution is -2.24. The van der Waals surface area contributed by atoms with E-state index in [0.717, 1.165) is 36.1 Å². The van der Waals surface area contributed by atoms with Gasteiger partial charge in [0.2, 0.25) is 0 Å². The minimum atomic E-state index is -0.579. The van der Waals surface area contributed by atoms with Crippen molar-refractivity contribution >= 4 is 17.6 Å². The van der Waals surface area contributed by atoms with Crippen LogP contribution in [-0.2, 0) is 33.6 Å². The molecule has 0 aliphatic rings. The number of amides is 1. The molecule has 144 valence electrons. The van der Waals surface area contributed by atoms with Gasteiger partial charge in [0.15, 0.2) is 13.2 Å². The van der Waals surface area contributed by atoms with Gasteiger partial charge >= 0.3 is 5.97 Å². The monoisotopic (exact) mass is 369 g/mol. The zero-order valence-electron chi connectivity index (χ0n) is 16.2. The van der Waals surface area contributed by atoms with Crippen molar-refractivity contribution in [2.45, 2.75) is 40.0 Å². The Morgan fingerprint density at radius 1 is 0.852 bits per heavy atom. The summed E-state index contributed by atoms with van der Waals surface area (Å²) < 4.78 is 10.4. The molecule has 0 bridgehead atoms. The van der Waals surface area contributed by atoms with E-state index < -0.39 is 5.97 Å². The van der Waals surface area contributed by atoms with Crippen LogP contribution in [0.2, 0.25) is 0 Å². The van der Waals surface area contributed by atoms with Crippen molar-refractivity contribution in [3.05, 3.63) is 59.2 Å². The Kier molecular flexibility index (Phi) is 7.86. The second-order valence-corrected chi connectivity index (χ2v) is 6.15. The minimum Gasteiger partial charge on any atom is -0.482 e.